The topological polar surface area (TPSA) is 86.7 Å². The zero-order valence-electron chi connectivity index (χ0n) is 9.25. The van der Waals surface area contributed by atoms with Gasteiger partial charge in [0.1, 0.15) is 0 Å². The predicted octanol–water partition coefficient (Wildman–Crippen LogP) is 2.26. The van der Waals surface area contributed by atoms with Gasteiger partial charge in [0.25, 0.3) is 0 Å². The number of halogens is 1. The van der Waals surface area contributed by atoms with Gasteiger partial charge in [-0.05, 0) is 0 Å². The molecular weight excluding hydrogens is 273 g/mol. The van der Waals surface area contributed by atoms with Gasteiger partial charge in [0.05, 0.1) is 0 Å². The van der Waals surface area contributed by atoms with Crippen LogP contribution < -0.4 is 5.73 Å². The number of aromatic nitrogens is 4. The summed E-state index contributed by atoms with van der Waals surface area (Å²) in [5, 5.41) is 0.243. The molecule has 0 aromatic carbocycles. The van der Waals surface area contributed by atoms with E-state index >= 15 is 0 Å². The summed E-state index contributed by atoms with van der Waals surface area (Å²) >= 11 is 5.91. The number of hydrogen-bond donors (Lipinski definition) is 1. The van der Waals surface area contributed by atoms with E-state index in [1.807, 2.05) is 12.2 Å². The van der Waals surface area contributed by atoms with Crippen molar-refractivity contribution in [2.45, 2.75) is 13.0 Å². The molecule has 0 aliphatic rings. The van der Waals surface area contributed by atoms with Gasteiger partial charge in [0, 0.05) is 0 Å². The first kappa shape index (κ1) is 12.8. The van der Waals surface area contributed by atoms with E-state index in [9.17, 15) is 4.57 Å². The van der Waals surface area contributed by atoms with E-state index in [0.717, 1.165) is 0 Å². The van der Waals surface area contributed by atoms with Crippen LogP contribution >= 0.6 is 19.5 Å². The molecule has 18 heavy (non-hydrogen) atoms. The monoisotopic (exact) mass is 281 g/mol. The van der Waals surface area contributed by atoms with E-state index in [1.165, 1.54) is 0 Å². The van der Waals surface area contributed by atoms with Crippen molar-refractivity contribution in [1.29, 1.82) is 0 Å². The van der Waals surface area contributed by atoms with E-state index in [4.69, 9.17) is 17.3 Å². The van der Waals surface area contributed by atoms with Gasteiger partial charge in [-0.1, -0.05) is 0 Å². The SMILES string of the molecule is Nc1nc(Cl)c2ncn(CC=CCC#P=O)c2n1. The first-order chi connectivity index (χ1) is 8.72. The third-order valence-electron chi connectivity index (χ3n) is 2.18. The summed E-state index contributed by atoms with van der Waals surface area (Å²) in [6, 6.07) is 0. The molecule has 0 saturated heterocycles. The van der Waals surface area contributed by atoms with Crippen molar-refractivity contribution in [3.05, 3.63) is 23.6 Å². The summed E-state index contributed by atoms with van der Waals surface area (Å²) in [4.78, 5) is 12.0. The zero-order valence-corrected chi connectivity index (χ0v) is 10.9. The molecule has 2 heterocycles. The van der Waals surface area contributed by atoms with Crippen molar-refractivity contribution < 1.29 is 4.57 Å². The minimum atomic E-state index is -0.0856. The summed E-state index contributed by atoms with van der Waals surface area (Å²) in [6.07, 6.45) is 5.89. The van der Waals surface area contributed by atoms with Crippen LogP contribution in [0.2, 0.25) is 5.15 Å². The van der Waals surface area contributed by atoms with Crippen LogP contribution in [0.1, 0.15) is 6.42 Å². The number of nitrogens with two attached hydrogens (primary N) is 1. The number of imidazole rings is 1. The Morgan fingerprint density at radius 1 is 1.50 bits per heavy atom. The van der Waals surface area contributed by atoms with Gasteiger partial charge in [-0.3, -0.25) is 0 Å². The Morgan fingerprint density at radius 3 is 3.11 bits per heavy atom. The average Bonchev–Trinajstić information content (AvgIpc) is 2.72. The summed E-state index contributed by atoms with van der Waals surface area (Å²) in [6.45, 7) is 0.570. The van der Waals surface area contributed by atoms with Crippen LogP contribution in [0.25, 0.3) is 11.2 Å². The van der Waals surface area contributed by atoms with Gasteiger partial charge in [0.15, 0.2) is 0 Å². The van der Waals surface area contributed by atoms with E-state index in [2.05, 4.69) is 20.6 Å². The number of hydrogen-bond acceptors (Lipinski definition) is 5. The van der Waals surface area contributed by atoms with Gasteiger partial charge < -0.3 is 0 Å². The quantitative estimate of drug-likeness (QED) is 0.530. The van der Waals surface area contributed by atoms with E-state index < -0.39 is 0 Å². The van der Waals surface area contributed by atoms with Gasteiger partial charge in [0.2, 0.25) is 0 Å². The van der Waals surface area contributed by atoms with Crippen molar-refractivity contribution in [2.24, 2.45) is 0 Å². The average molecular weight is 282 g/mol. The minimum absolute atomic E-state index is 0.0856. The summed E-state index contributed by atoms with van der Waals surface area (Å²) in [5.74, 6) is 0.116. The number of nitrogen functional groups attached to an aromatic ring is 1. The number of rotatable bonds is 3. The number of nitrogens with zero attached hydrogens (tertiary/aromatic N) is 4. The normalized spacial score (nSPS) is 10.9. The maximum atomic E-state index is 10.1. The molecule has 0 unspecified atom stereocenters. The molecule has 0 bridgehead atoms. The molecule has 92 valence electrons. The van der Waals surface area contributed by atoms with Gasteiger partial charge in [-0.15, -0.1) is 0 Å². The molecule has 2 N–H and O–H groups in total. The van der Waals surface area contributed by atoms with Crippen molar-refractivity contribution in [3.63, 3.8) is 0 Å². The third kappa shape index (κ3) is 2.79. The van der Waals surface area contributed by atoms with Crippen LogP contribution in [0.5, 0.6) is 0 Å². The van der Waals surface area contributed by atoms with Crippen molar-refractivity contribution in [3.8, 4) is 5.63 Å². The van der Waals surface area contributed by atoms with Crippen LogP contribution in [0.15, 0.2) is 18.5 Å². The second kappa shape index (κ2) is 5.83. The first-order valence-corrected chi connectivity index (χ1v) is 6.25. The molecule has 0 aliphatic heterocycles. The van der Waals surface area contributed by atoms with Crippen molar-refractivity contribution >= 4 is 36.6 Å². The van der Waals surface area contributed by atoms with E-state index in [-0.39, 0.29) is 19.0 Å². The Bertz CT molecular complexity index is 705. The Kier molecular flexibility index (Phi) is 4.15. The van der Waals surface area contributed by atoms with Crippen molar-refractivity contribution in [2.75, 3.05) is 5.73 Å². The Morgan fingerprint density at radius 2 is 2.33 bits per heavy atom. The Hall–Kier alpha value is -1.61. The summed E-state index contributed by atoms with van der Waals surface area (Å²) in [7, 11) is -0.0856. The molecule has 0 amide bonds. The number of allylic oxidation sites excluding steroid dienone is 2. The maximum absolute atomic E-state index is 10.1. The summed E-state index contributed by atoms with van der Waals surface area (Å²) < 4.78 is 11.9. The molecule has 0 spiro atoms. The van der Waals surface area contributed by atoms with Crippen LogP contribution in [-0.2, 0) is 11.1 Å². The molecular formula is C10H9ClN5OP. The fourth-order valence-corrected chi connectivity index (χ4v) is 1.82. The zero-order chi connectivity index (χ0) is 13.0. The number of fused-ring (bicyclic) bond motifs is 1. The molecule has 6 nitrogen and oxygen atoms in total. The predicted molar refractivity (Wildman–Crippen MR) is 70.0 cm³/mol. The molecule has 0 saturated carbocycles. The van der Waals surface area contributed by atoms with Crippen LogP contribution in [0.4, 0.5) is 5.95 Å². The van der Waals surface area contributed by atoms with E-state index in [0.29, 0.717) is 24.1 Å². The van der Waals surface area contributed by atoms with Gasteiger partial charge in [-0.25, -0.2) is 0 Å². The molecule has 8 heteroatoms. The Labute approximate surface area is 109 Å². The third-order valence-corrected chi connectivity index (χ3v) is 2.76. The molecule has 0 aliphatic carbocycles. The second-order valence-corrected chi connectivity index (χ2v) is 4.22. The Balaban J connectivity index is 2.25. The van der Waals surface area contributed by atoms with Crippen LogP contribution in [0.3, 0.4) is 0 Å². The van der Waals surface area contributed by atoms with Crippen LogP contribution in [-0.4, -0.2) is 19.5 Å². The standard InChI is InChI=1S/C10H9ClN5OP/c11-8-7-9(15-10(12)14-8)16(6-13-7)4-2-1-3-5-18-17/h1-2,6H,3-4H2,(H2,12,14,15). The van der Waals surface area contributed by atoms with E-state index in [1.54, 1.807) is 10.9 Å². The fraction of sp³-hybridized carbons (Fsp3) is 0.200. The molecule has 2 rings (SSSR count). The fourth-order valence-electron chi connectivity index (χ4n) is 1.42. The second-order valence-electron chi connectivity index (χ2n) is 3.37. The van der Waals surface area contributed by atoms with Gasteiger partial charge >= 0.3 is 109 Å². The molecule has 2 aromatic heterocycles. The van der Waals surface area contributed by atoms with Gasteiger partial charge in [-0.2, -0.15) is 0 Å². The number of anilines is 1. The molecule has 0 radical (unpaired) electrons. The molecule has 2 aromatic rings. The summed E-state index contributed by atoms with van der Waals surface area (Å²) in [5.41, 5.74) is 9.27. The van der Waals surface area contributed by atoms with Crippen LogP contribution in [0, 0.1) is 5.63 Å². The molecule has 0 atom stereocenters. The van der Waals surface area contributed by atoms with Crippen molar-refractivity contribution in [1.82, 2.24) is 19.5 Å². The first-order valence-electron chi connectivity index (χ1n) is 5.06. The molecule has 0 fully saturated rings.